The molecule has 1 aromatic carbocycles. The Bertz CT molecular complexity index is 522. The van der Waals surface area contributed by atoms with E-state index in [0.29, 0.717) is 0 Å². The fourth-order valence-electron chi connectivity index (χ4n) is 2.82. The summed E-state index contributed by atoms with van der Waals surface area (Å²) < 4.78 is 5.32. The number of nitrogens with one attached hydrogen (secondary N) is 1. The van der Waals surface area contributed by atoms with E-state index in [-0.39, 0.29) is 0 Å². The fourth-order valence-corrected chi connectivity index (χ4v) is 2.82. The van der Waals surface area contributed by atoms with Crippen LogP contribution in [-0.4, -0.2) is 24.5 Å². The highest BCUT2D eigenvalue weighted by atomic mass is 16.3. The second kappa shape index (κ2) is 6.73. The lowest BCUT2D eigenvalue weighted by molar-refractivity contribution is 0.267. The van der Waals surface area contributed by atoms with E-state index in [2.05, 4.69) is 34.5 Å². The number of rotatable bonds is 5. The Morgan fingerprint density at radius 1 is 1.10 bits per heavy atom. The molecule has 0 spiro atoms. The average Bonchev–Trinajstić information content (AvgIpc) is 2.89. The maximum Gasteiger partial charge on any atom is 0.117 e. The normalized spacial score (nSPS) is 15.8. The molecular weight excluding hydrogens is 248 g/mol. The topological polar surface area (TPSA) is 28.4 Å². The number of nitrogens with zero attached hydrogens (tertiary/aromatic N) is 1. The molecule has 0 saturated heterocycles. The number of benzene rings is 1. The lowest BCUT2D eigenvalue weighted by Gasteiger charge is -2.20. The van der Waals surface area contributed by atoms with Crippen molar-refractivity contribution in [1.82, 2.24) is 10.2 Å². The summed E-state index contributed by atoms with van der Waals surface area (Å²) in [6.45, 7) is 5.19. The molecule has 1 aliphatic heterocycles. The van der Waals surface area contributed by atoms with E-state index in [4.69, 9.17) is 4.42 Å². The molecule has 0 atom stereocenters. The lowest BCUT2D eigenvalue weighted by atomic mass is 10.0. The number of fused-ring (bicyclic) bond motifs is 1. The van der Waals surface area contributed by atoms with Crippen molar-refractivity contribution in [1.29, 1.82) is 0 Å². The fraction of sp³-hybridized carbons (Fsp3) is 0.412. The molecule has 0 saturated carbocycles. The van der Waals surface area contributed by atoms with E-state index in [1.165, 1.54) is 30.5 Å². The minimum Gasteiger partial charge on any atom is -0.468 e. The van der Waals surface area contributed by atoms with Gasteiger partial charge in [-0.2, -0.15) is 0 Å². The van der Waals surface area contributed by atoms with Crippen molar-refractivity contribution < 1.29 is 4.42 Å². The van der Waals surface area contributed by atoms with Crippen molar-refractivity contribution in [2.24, 2.45) is 0 Å². The Morgan fingerprint density at radius 2 is 2.00 bits per heavy atom. The molecule has 1 aromatic heterocycles. The first-order chi connectivity index (χ1) is 9.92. The minimum atomic E-state index is 0.817. The number of furan rings is 1. The quantitative estimate of drug-likeness (QED) is 0.847. The van der Waals surface area contributed by atoms with E-state index >= 15 is 0 Å². The third-order valence-corrected chi connectivity index (χ3v) is 3.92. The van der Waals surface area contributed by atoms with E-state index in [1.54, 1.807) is 6.26 Å². The Labute approximate surface area is 120 Å². The summed E-state index contributed by atoms with van der Waals surface area (Å²) >= 11 is 0. The van der Waals surface area contributed by atoms with Gasteiger partial charge in [0.2, 0.25) is 0 Å². The Kier molecular flexibility index (Phi) is 4.51. The summed E-state index contributed by atoms with van der Waals surface area (Å²) in [4.78, 5) is 2.54. The van der Waals surface area contributed by atoms with Gasteiger partial charge in [0.15, 0.2) is 0 Å². The van der Waals surface area contributed by atoms with Crippen LogP contribution in [-0.2, 0) is 19.5 Å². The Balaban J connectivity index is 1.46. The van der Waals surface area contributed by atoms with Gasteiger partial charge in [0.25, 0.3) is 0 Å². The molecule has 0 unspecified atom stereocenters. The predicted molar refractivity (Wildman–Crippen MR) is 80.5 cm³/mol. The molecule has 0 bridgehead atoms. The van der Waals surface area contributed by atoms with Crippen LogP contribution in [0.2, 0.25) is 0 Å². The molecule has 1 aliphatic rings. The molecule has 2 heterocycles. The van der Waals surface area contributed by atoms with Crippen molar-refractivity contribution in [3.8, 4) is 0 Å². The maximum absolute atomic E-state index is 5.32. The molecule has 0 aliphatic carbocycles. The van der Waals surface area contributed by atoms with Gasteiger partial charge in [-0.25, -0.2) is 0 Å². The van der Waals surface area contributed by atoms with Gasteiger partial charge in [-0.05, 0) is 42.6 Å². The van der Waals surface area contributed by atoms with E-state index < -0.39 is 0 Å². The third kappa shape index (κ3) is 3.50. The van der Waals surface area contributed by atoms with Crippen molar-refractivity contribution in [2.75, 3.05) is 19.6 Å². The predicted octanol–water partition coefficient (Wildman–Crippen LogP) is 2.82. The summed E-state index contributed by atoms with van der Waals surface area (Å²) in [5.41, 5.74) is 3.02. The zero-order chi connectivity index (χ0) is 13.6. The molecule has 2 aromatic rings. The molecule has 0 fully saturated rings. The van der Waals surface area contributed by atoms with E-state index in [9.17, 15) is 0 Å². The van der Waals surface area contributed by atoms with Gasteiger partial charge in [-0.1, -0.05) is 24.3 Å². The average molecular weight is 270 g/mol. The van der Waals surface area contributed by atoms with Gasteiger partial charge in [0, 0.05) is 19.6 Å². The van der Waals surface area contributed by atoms with Gasteiger partial charge in [-0.15, -0.1) is 0 Å². The van der Waals surface area contributed by atoms with Crippen LogP contribution in [0, 0.1) is 0 Å². The second-order valence-corrected chi connectivity index (χ2v) is 5.40. The van der Waals surface area contributed by atoms with Crippen LogP contribution in [0.1, 0.15) is 23.3 Å². The first-order valence-corrected chi connectivity index (χ1v) is 7.44. The summed E-state index contributed by atoms with van der Waals surface area (Å²) in [7, 11) is 0. The molecule has 1 N–H and O–H groups in total. The summed E-state index contributed by atoms with van der Waals surface area (Å²) in [6.07, 6.45) is 4.20. The van der Waals surface area contributed by atoms with Crippen LogP contribution in [0.4, 0.5) is 0 Å². The maximum atomic E-state index is 5.32. The number of hydrogen-bond donors (Lipinski definition) is 1. The minimum absolute atomic E-state index is 0.817. The highest BCUT2D eigenvalue weighted by Crippen LogP contribution is 2.17. The first-order valence-electron chi connectivity index (χ1n) is 7.44. The largest absolute Gasteiger partial charge is 0.468 e. The molecule has 20 heavy (non-hydrogen) atoms. The van der Waals surface area contributed by atoms with Gasteiger partial charge in [0.1, 0.15) is 5.76 Å². The SMILES string of the molecule is c1coc(CNCCN2CCCc3ccccc3C2)c1. The summed E-state index contributed by atoms with van der Waals surface area (Å²) in [5, 5.41) is 3.44. The molecule has 0 radical (unpaired) electrons. The van der Waals surface area contributed by atoms with Gasteiger partial charge >= 0.3 is 0 Å². The van der Waals surface area contributed by atoms with Crippen molar-refractivity contribution in [3.63, 3.8) is 0 Å². The van der Waals surface area contributed by atoms with Crippen molar-refractivity contribution in [3.05, 3.63) is 59.5 Å². The smallest absolute Gasteiger partial charge is 0.117 e. The molecule has 3 rings (SSSR count). The Hall–Kier alpha value is -1.58. The van der Waals surface area contributed by atoms with Crippen LogP contribution in [0.25, 0.3) is 0 Å². The molecule has 3 heteroatoms. The number of aryl methyl sites for hydroxylation is 1. The molecular formula is C17H22N2O. The van der Waals surface area contributed by atoms with Crippen molar-refractivity contribution >= 4 is 0 Å². The van der Waals surface area contributed by atoms with Crippen LogP contribution >= 0.6 is 0 Å². The van der Waals surface area contributed by atoms with Gasteiger partial charge in [-0.3, -0.25) is 4.90 Å². The van der Waals surface area contributed by atoms with E-state index in [0.717, 1.165) is 31.9 Å². The highest BCUT2D eigenvalue weighted by molar-refractivity contribution is 5.27. The second-order valence-electron chi connectivity index (χ2n) is 5.40. The van der Waals surface area contributed by atoms with E-state index in [1.807, 2.05) is 12.1 Å². The third-order valence-electron chi connectivity index (χ3n) is 3.92. The Morgan fingerprint density at radius 3 is 2.85 bits per heavy atom. The monoisotopic (exact) mass is 270 g/mol. The van der Waals surface area contributed by atoms with Crippen LogP contribution in [0.5, 0.6) is 0 Å². The zero-order valence-electron chi connectivity index (χ0n) is 11.8. The van der Waals surface area contributed by atoms with Crippen LogP contribution in [0.15, 0.2) is 47.1 Å². The molecule has 0 amide bonds. The van der Waals surface area contributed by atoms with Crippen LogP contribution < -0.4 is 5.32 Å². The van der Waals surface area contributed by atoms with Gasteiger partial charge in [0.05, 0.1) is 12.8 Å². The summed E-state index contributed by atoms with van der Waals surface area (Å²) in [6, 6.07) is 12.8. The molecule has 3 nitrogen and oxygen atoms in total. The number of hydrogen-bond acceptors (Lipinski definition) is 3. The molecule has 106 valence electrons. The van der Waals surface area contributed by atoms with Crippen LogP contribution in [0.3, 0.4) is 0 Å². The standard InChI is InChI=1S/C17H22N2O/c1-2-6-16-14-19(10-3-7-15(16)5-1)11-9-18-13-17-8-4-12-20-17/h1-2,4-6,8,12,18H,3,7,9-11,13-14H2. The zero-order valence-corrected chi connectivity index (χ0v) is 11.8. The highest BCUT2D eigenvalue weighted by Gasteiger charge is 2.13. The van der Waals surface area contributed by atoms with Crippen molar-refractivity contribution in [2.45, 2.75) is 25.9 Å². The first kappa shape index (κ1) is 13.4. The van der Waals surface area contributed by atoms with Gasteiger partial charge < -0.3 is 9.73 Å². The lowest BCUT2D eigenvalue weighted by Crippen LogP contribution is -2.31. The summed E-state index contributed by atoms with van der Waals surface area (Å²) in [5.74, 6) is 1.01.